The number of allylic oxidation sites excluding steroid dienone is 2. The summed E-state index contributed by atoms with van der Waals surface area (Å²) in [6.45, 7) is 7.12. The molecule has 0 spiro atoms. The molecule has 0 saturated heterocycles. The molecule has 1 unspecified atom stereocenters. The molecule has 0 nitrogen and oxygen atoms in total. The van der Waals surface area contributed by atoms with Gasteiger partial charge in [-0.05, 0) is 31.6 Å². The molecule has 0 saturated carbocycles. The fraction of sp³-hybridized carbons (Fsp3) is 0.956. The van der Waals surface area contributed by atoms with Crippen LogP contribution in [0.2, 0.25) is 0 Å². The zero-order valence-corrected chi connectivity index (χ0v) is 32.3. The van der Waals surface area contributed by atoms with Crippen molar-refractivity contribution in [2.24, 2.45) is 5.92 Å². The normalized spacial score (nSPS) is 12.5. The molecule has 0 rings (SSSR count). The Kier molecular flexibility index (Phi) is 41.5. The number of unbranched alkanes of at least 4 members (excludes halogenated alkanes) is 34. The first kappa shape index (κ1) is 44.7. The molecular weight excluding hydrogens is 540 g/mol. The summed E-state index contributed by atoms with van der Waals surface area (Å²) in [5, 5.41) is 0. The van der Waals surface area contributed by atoms with Gasteiger partial charge in [-0.3, -0.25) is 0 Å². The molecule has 0 fully saturated rings. The second kappa shape index (κ2) is 41.8. The lowest BCUT2D eigenvalue weighted by Crippen LogP contribution is -1.95. The van der Waals surface area contributed by atoms with Crippen molar-refractivity contribution in [1.29, 1.82) is 0 Å². The first-order valence-electron chi connectivity index (χ1n) is 22.0. The van der Waals surface area contributed by atoms with Gasteiger partial charge in [-0.15, -0.1) is 0 Å². The van der Waals surface area contributed by atoms with Gasteiger partial charge in [0.1, 0.15) is 0 Å². The van der Waals surface area contributed by atoms with Crippen molar-refractivity contribution in [2.45, 2.75) is 271 Å². The van der Waals surface area contributed by atoms with Gasteiger partial charge in [0.25, 0.3) is 0 Å². The number of rotatable bonds is 40. The van der Waals surface area contributed by atoms with Crippen molar-refractivity contribution in [3.8, 4) is 0 Å². The molecule has 0 heteroatoms. The van der Waals surface area contributed by atoms with Crippen molar-refractivity contribution >= 4 is 0 Å². The first-order chi connectivity index (χ1) is 22.3. The molecule has 0 aromatic rings. The average Bonchev–Trinajstić information content (AvgIpc) is 3.05. The lowest BCUT2D eigenvalue weighted by atomic mass is 9.95. The Balaban J connectivity index is 3.17. The van der Waals surface area contributed by atoms with Crippen LogP contribution in [0, 0.1) is 5.92 Å². The molecule has 0 amide bonds. The van der Waals surface area contributed by atoms with E-state index in [1.54, 1.807) is 0 Å². The Morgan fingerprint density at radius 1 is 0.267 bits per heavy atom. The molecule has 0 aliphatic carbocycles. The van der Waals surface area contributed by atoms with Crippen LogP contribution in [-0.2, 0) is 0 Å². The second-order valence-corrected chi connectivity index (χ2v) is 15.4. The third-order valence-corrected chi connectivity index (χ3v) is 10.5. The number of hydrogen-bond donors (Lipinski definition) is 0. The van der Waals surface area contributed by atoms with Gasteiger partial charge in [0, 0.05) is 0 Å². The molecule has 1 atom stereocenters. The van der Waals surface area contributed by atoms with Crippen LogP contribution in [0.25, 0.3) is 0 Å². The minimum atomic E-state index is 0.958. The molecule has 0 aromatic carbocycles. The van der Waals surface area contributed by atoms with Crippen LogP contribution < -0.4 is 0 Å². The maximum absolute atomic E-state index is 2.50. The maximum atomic E-state index is 2.50. The lowest BCUT2D eigenvalue weighted by Gasteiger charge is -2.11. The molecule has 0 radical (unpaired) electrons. The third-order valence-electron chi connectivity index (χ3n) is 10.5. The summed E-state index contributed by atoms with van der Waals surface area (Å²) in [5.41, 5.74) is 0. The Labute approximate surface area is 288 Å². The highest BCUT2D eigenvalue weighted by Crippen LogP contribution is 2.20. The van der Waals surface area contributed by atoms with Crippen LogP contribution >= 0.6 is 0 Å². The van der Waals surface area contributed by atoms with Crippen molar-refractivity contribution in [1.82, 2.24) is 0 Å². The van der Waals surface area contributed by atoms with E-state index in [2.05, 4.69) is 32.9 Å². The van der Waals surface area contributed by atoms with E-state index < -0.39 is 0 Å². The number of hydrogen-bond acceptors (Lipinski definition) is 0. The molecule has 0 aromatic heterocycles. The fourth-order valence-electron chi connectivity index (χ4n) is 7.16. The summed E-state index contributed by atoms with van der Waals surface area (Å²) in [5.74, 6) is 0.958. The zero-order chi connectivity index (χ0) is 32.6. The molecule has 0 heterocycles. The smallest absolute Gasteiger partial charge is 0.0351 e. The largest absolute Gasteiger partial charge is 0.0885 e. The Morgan fingerprint density at radius 3 is 0.711 bits per heavy atom. The van der Waals surface area contributed by atoms with Gasteiger partial charge in [0.2, 0.25) is 0 Å². The highest BCUT2D eigenvalue weighted by Gasteiger charge is 2.02. The van der Waals surface area contributed by atoms with Gasteiger partial charge >= 0.3 is 0 Å². The van der Waals surface area contributed by atoms with Gasteiger partial charge in [-0.1, -0.05) is 258 Å². The van der Waals surface area contributed by atoms with Gasteiger partial charge in [0.15, 0.2) is 0 Å². The molecule has 0 N–H and O–H groups in total. The van der Waals surface area contributed by atoms with E-state index in [0.717, 1.165) is 5.92 Å². The average molecular weight is 631 g/mol. The Bertz CT molecular complexity index is 518. The van der Waals surface area contributed by atoms with Crippen LogP contribution in [0.5, 0.6) is 0 Å². The highest BCUT2D eigenvalue weighted by molar-refractivity contribution is 4.81. The SMILES string of the molecule is CCCCCCCCCCCCCCCCCCCC=CCCCCCCCCCC(C)CCCCCCCCCCCCC. The van der Waals surface area contributed by atoms with Crippen LogP contribution in [0.1, 0.15) is 271 Å². The van der Waals surface area contributed by atoms with Crippen molar-refractivity contribution in [3.05, 3.63) is 12.2 Å². The summed E-state index contributed by atoms with van der Waals surface area (Å²) in [6.07, 6.45) is 61.8. The first-order valence-corrected chi connectivity index (χ1v) is 22.0. The predicted molar refractivity (Wildman–Crippen MR) is 210 cm³/mol. The van der Waals surface area contributed by atoms with Crippen LogP contribution in [-0.4, -0.2) is 0 Å². The topological polar surface area (TPSA) is 0 Å². The Hall–Kier alpha value is -0.260. The van der Waals surface area contributed by atoms with Crippen molar-refractivity contribution in [2.75, 3.05) is 0 Å². The van der Waals surface area contributed by atoms with Gasteiger partial charge < -0.3 is 0 Å². The van der Waals surface area contributed by atoms with E-state index in [1.165, 1.54) is 250 Å². The summed E-state index contributed by atoms with van der Waals surface area (Å²) < 4.78 is 0. The van der Waals surface area contributed by atoms with Crippen molar-refractivity contribution < 1.29 is 0 Å². The maximum Gasteiger partial charge on any atom is -0.0351 e. The van der Waals surface area contributed by atoms with Crippen molar-refractivity contribution in [3.63, 3.8) is 0 Å². The second-order valence-electron chi connectivity index (χ2n) is 15.4. The van der Waals surface area contributed by atoms with E-state index in [4.69, 9.17) is 0 Å². The molecule has 45 heavy (non-hydrogen) atoms. The highest BCUT2D eigenvalue weighted by atomic mass is 14.1. The summed E-state index contributed by atoms with van der Waals surface area (Å²) in [7, 11) is 0. The fourth-order valence-corrected chi connectivity index (χ4v) is 7.16. The zero-order valence-electron chi connectivity index (χ0n) is 32.3. The van der Waals surface area contributed by atoms with E-state index in [9.17, 15) is 0 Å². The van der Waals surface area contributed by atoms with E-state index in [1.807, 2.05) is 0 Å². The predicted octanol–water partition coefficient (Wildman–Crippen LogP) is 17.4. The van der Waals surface area contributed by atoms with Gasteiger partial charge in [-0.25, -0.2) is 0 Å². The quantitative estimate of drug-likeness (QED) is 0.0467. The van der Waals surface area contributed by atoms with E-state index >= 15 is 0 Å². The van der Waals surface area contributed by atoms with Crippen LogP contribution in [0.3, 0.4) is 0 Å². The van der Waals surface area contributed by atoms with E-state index in [-0.39, 0.29) is 0 Å². The minimum absolute atomic E-state index is 0.958. The van der Waals surface area contributed by atoms with Crippen LogP contribution in [0.15, 0.2) is 12.2 Å². The molecule has 0 aliphatic rings. The Morgan fingerprint density at radius 2 is 0.467 bits per heavy atom. The minimum Gasteiger partial charge on any atom is -0.0885 e. The molecular formula is C45H90. The molecule has 270 valence electrons. The standard InChI is InChI=1S/C45H90/c1-4-6-8-10-12-14-16-17-18-19-20-21-22-23-24-25-26-27-28-29-30-31-32-34-36-38-40-42-44-45(3)43-41-39-37-35-33-15-13-11-9-7-5-2/h28-29,45H,4-27,30-44H2,1-3H3. The van der Waals surface area contributed by atoms with Crippen LogP contribution in [0.4, 0.5) is 0 Å². The lowest BCUT2D eigenvalue weighted by molar-refractivity contribution is 0.430. The van der Waals surface area contributed by atoms with Gasteiger partial charge in [0.05, 0.1) is 0 Å². The summed E-state index contributed by atoms with van der Waals surface area (Å²) in [6, 6.07) is 0. The summed E-state index contributed by atoms with van der Waals surface area (Å²) in [4.78, 5) is 0. The molecule has 0 bridgehead atoms. The third kappa shape index (κ3) is 41.7. The summed E-state index contributed by atoms with van der Waals surface area (Å²) >= 11 is 0. The molecule has 0 aliphatic heterocycles. The van der Waals surface area contributed by atoms with E-state index in [0.29, 0.717) is 0 Å². The monoisotopic (exact) mass is 631 g/mol. The van der Waals surface area contributed by atoms with Gasteiger partial charge in [-0.2, -0.15) is 0 Å².